The molecule has 0 aromatic heterocycles. The summed E-state index contributed by atoms with van der Waals surface area (Å²) in [6.07, 6.45) is 0.777. The smallest absolute Gasteiger partial charge is 0.315 e. The van der Waals surface area contributed by atoms with Crippen molar-refractivity contribution in [3.8, 4) is 5.75 Å². The maximum absolute atomic E-state index is 11.8. The molecule has 0 aliphatic rings. The normalized spacial score (nSPS) is 12.1. The highest BCUT2D eigenvalue weighted by atomic mass is 16.5. The molecule has 3 N–H and O–H groups in total. The molecule has 0 fully saturated rings. The average molecular weight is 308 g/mol. The molecular formula is C17H28N2O3. The van der Waals surface area contributed by atoms with Crippen LogP contribution in [-0.4, -0.2) is 30.4 Å². The van der Waals surface area contributed by atoms with Gasteiger partial charge >= 0.3 is 6.03 Å². The summed E-state index contributed by atoms with van der Waals surface area (Å²) >= 11 is 0. The van der Waals surface area contributed by atoms with Crippen LogP contribution in [0.15, 0.2) is 18.2 Å². The van der Waals surface area contributed by atoms with Gasteiger partial charge in [-0.05, 0) is 44.7 Å². The second-order valence-corrected chi connectivity index (χ2v) is 5.96. The first-order valence-corrected chi connectivity index (χ1v) is 7.81. The van der Waals surface area contributed by atoms with Gasteiger partial charge in [0, 0.05) is 25.3 Å². The Morgan fingerprint density at radius 1 is 1.27 bits per heavy atom. The van der Waals surface area contributed by atoms with Gasteiger partial charge < -0.3 is 20.5 Å². The van der Waals surface area contributed by atoms with Crippen molar-refractivity contribution < 1.29 is 14.6 Å². The molecular weight excluding hydrogens is 280 g/mol. The minimum absolute atomic E-state index is 0.0914. The Kier molecular flexibility index (Phi) is 7.74. The zero-order valence-corrected chi connectivity index (χ0v) is 14.0. The molecule has 1 aromatic rings. The minimum Gasteiger partial charge on any atom is -0.491 e. The molecule has 0 spiro atoms. The molecule has 0 saturated carbocycles. The van der Waals surface area contributed by atoms with Crippen molar-refractivity contribution in [3.63, 3.8) is 0 Å². The summed E-state index contributed by atoms with van der Waals surface area (Å²) in [5.74, 6) is 1.07. The van der Waals surface area contributed by atoms with E-state index in [9.17, 15) is 4.79 Å². The van der Waals surface area contributed by atoms with Crippen LogP contribution in [0.4, 0.5) is 4.79 Å². The van der Waals surface area contributed by atoms with Gasteiger partial charge in [-0.1, -0.05) is 19.1 Å². The third-order valence-corrected chi connectivity index (χ3v) is 3.26. The first-order valence-electron chi connectivity index (χ1n) is 7.81. The Bertz CT molecular complexity index is 475. The van der Waals surface area contributed by atoms with Gasteiger partial charge in [0.25, 0.3) is 0 Å². The van der Waals surface area contributed by atoms with E-state index < -0.39 is 0 Å². The first kappa shape index (κ1) is 18.3. The average Bonchev–Trinajstić information content (AvgIpc) is 2.44. The minimum atomic E-state index is -0.208. The summed E-state index contributed by atoms with van der Waals surface area (Å²) < 4.78 is 5.79. The summed E-state index contributed by atoms with van der Waals surface area (Å²) in [6, 6.07) is 5.76. The zero-order chi connectivity index (χ0) is 16.5. The molecule has 0 aliphatic carbocycles. The van der Waals surface area contributed by atoms with E-state index in [-0.39, 0.29) is 24.7 Å². The van der Waals surface area contributed by atoms with E-state index >= 15 is 0 Å². The molecule has 0 saturated heterocycles. The third kappa shape index (κ3) is 6.80. The second-order valence-electron chi connectivity index (χ2n) is 5.96. The van der Waals surface area contributed by atoms with Gasteiger partial charge in [0.05, 0.1) is 6.10 Å². The highest BCUT2D eigenvalue weighted by Crippen LogP contribution is 2.21. The number of carbonyl (C=O) groups excluding carboxylic acids is 1. The number of urea groups is 1. The molecule has 1 unspecified atom stereocenters. The molecule has 124 valence electrons. The van der Waals surface area contributed by atoms with Gasteiger partial charge in [0.15, 0.2) is 0 Å². The van der Waals surface area contributed by atoms with Crippen LogP contribution in [0.1, 0.15) is 38.3 Å². The maximum Gasteiger partial charge on any atom is 0.315 e. The Labute approximate surface area is 133 Å². The number of rotatable bonds is 8. The van der Waals surface area contributed by atoms with E-state index in [4.69, 9.17) is 9.84 Å². The van der Waals surface area contributed by atoms with E-state index in [0.717, 1.165) is 16.9 Å². The highest BCUT2D eigenvalue weighted by molar-refractivity contribution is 5.73. The number of carbonyl (C=O) groups is 1. The highest BCUT2D eigenvalue weighted by Gasteiger charge is 2.09. The number of hydrogen-bond donors (Lipinski definition) is 3. The zero-order valence-electron chi connectivity index (χ0n) is 14.0. The van der Waals surface area contributed by atoms with Gasteiger partial charge in [-0.3, -0.25) is 0 Å². The molecule has 1 atom stereocenters. The van der Waals surface area contributed by atoms with Gasteiger partial charge in [0.1, 0.15) is 5.75 Å². The maximum atomic E-state index is 11.8. The SMILES string of the molecule is Cc1ccc(CNC(=O)NCC(C)CCO)c(OC(C)C)c1. The molecule has 5 nitrogen and oxygen atoms in total. The van der Waals surface area contributed by atoms with Gasteiger partial charge in [-0.15, -0.1) is 0 Å². The second kappa shape index (κ2) is 9.30. The summed E-state index contributed by atoms with van der Waals surface area (Å²) in [5.41, 5.74) is 2.08. The van der Waals surface area contributed by atoms with Crippen molar-refractivity contribution in [3.05, 3.63) is 29.3 Å². The molecule has 1 aromatic carbocycles. The van der Waals surface area contributed by atoms with Gasteiger partial charge in [-0.2, -0.15) is 0 Å². The fraction of sp³-hybridized carbons (Fsp3) is 0.588. The lowest BCUT2D eigenvalue weighted by Crippen LogP contribution is -2.37. The molecule has 0 heterocycles. The Hall–Kier alpha value is -1.75. The third-order valence-electron chi connectivity index (χ3n) is 3.26. The quantitative estimate of drug-likeness (QED) is 0.691. The number of aliphatic hydroxyl groups excluding tert-OH is 1. The van der Waals surface area contributed by atoms with Crippen molar-refractivity contribution in [1.82, 2.24) is 10.6 Å². The van der Waals surface area contributed by atoms with E-state index in [0.29, 0.717) is 19.5 Å². The molecule has 0 aliphatic heterocycles. The number of hydrogen-bond acceptors (Lipinski definition) is 3. The van der Waals surface area contributed by atoms with Crippen molar-refractivity contribution >= 4 is 6.03 Å². The lowest BCUT2D eigenvalue weighted by molar-refractivity contribution is 0.231. The molecule has 1 rings (SSSR count). The van der Waals surface area contributed by atoms with E-state index in [1.807, 2.05) is 45.9 Å². The van der Waals surface area contributed by atoms with Crippen molar-refractivity contribution in [2.75, 3.05) is 13.2 Å². The van der Waals surface area contributed by atoms with E-state index in [2.05, 4.69) is 10.6 Å². The van der Waals surface area contributed by atoms with Crippen LogP contribution in [-0.2, 0) is 6.54 Å². The van der Waals surface area contributed by atoms with Crippen LogP contribution in [0, 0.1) is 12.8 Å². The number of aryl methyl sites for hydroxylation is 1. The molecule has 0 bridgehead atoms. The topological polar surface area (TPSA) is 70.6 Å². The number of benzene rings is 1. The van der Waals surface area contributed by atoms with E-state index in [1.165, 1.54) is 0 Å². The Morgan fingerprint density at radius 3 is 2.64 bits per heavy atom. The largest absolute Gasteiger partial charge is 0.491 e. The molecule has 22 heavy (non-hydrogen) atoms. The van der Waals surface area contributed by atoms with Crippen LogP contribution in [0.25, 0.3) is 0 Å². The standard InChI is InChI=1S/C17H28N2O3/c1-12(2)22-16-9-13(3)5-6-15(16)11-19-17(21)18-10-14(4)7-8-20/h5-6,9,12,14,20H,7-8,10-11H2,1-4H3,(H2,18,19,21). The van der Waals surface area contributed by atoms with Gasteiger partial charge in [-0.25, -0.2) is 4.79 Å². The Balaban J connectivity index is 2.51. The summed E-state index contributed by atoms with van der Waals surface area (Å²) in [6.45, 7) is 9.08. The summed E-state index contributed by atoms with van der Waals surface area (Å²) in [5, 5.41) is 14.5. The van der Waals surface area contributed by atoms with Crippen LogP contribution in [0.5, 0.6) is 5.75 Å². The fourth-order valence-electron chi connectivity index (χ4n) is 2.00. The number of nitrogens with one attached hydrogen (secondary N) is 2. The first-order chi connectivity index (χ1) is 10.4. The van der Waals surface area contributed by atoms with Crippen molar-refractivity contribution in [2.24, 2.45) is 5.92 Å². The fourth-order valence-corrected chi connectivity index (χ4v) is 2.00. The molecule has 2 amide bonds. The Morgan fingerprint density at radius 2 is 2.00 bits per heavy atom. The lowest BCUT2D eigenvalue weighted by Gasteiger charge is -2.16. The predicted octanol–water partition coefficient (Wildman–Crippen LogP) is 2.60. The van der Waals surface area contributed by atoms with Gasteiger partial charge in [0.2, 0.25) is 0 Å². The molecule has 0 radical (unpaired) electrons. The van der Waals surface area contributed by atoms with Crippen LogP contribution in [0.3, 0.4) is 0 Å². The predicted molar refractivity (Wildman–Crippen MR) is 88.0 cm³/mol. The number of amides is 2. The number of aliphatic hydroxyl groups is 1. The van der Waals surface area contributed by atoms with Crippen LogP contribution >= 0.6 is 0 Å². The molecule has 5 heteroatoms. The van der Waals surface area contributed by atoms with Crippen molar-refractivity contribution in [1.29, 1.82) is 0 Å². The monoisotopic (exact) mass is 308 g/mol. The van der Waals surface area contributed by atoms with Crippen LogP contribution in [0.2, 0.25) is 0 Å². The lowest BCUT2D eigenvalue weighted by atomic mass is 10.1. The summed E-state index contributed by atoms with van der Waals surface area (Å²) in [7, 11) is 0. The number of ether oxygens (including phenoxy) is 1. The van der Waals surface area contributed by atoms with Crippen molar-refractivity contribution in [2.45, 2.75) is 46.8 Å². The van der Waals surface area contributed by atoms with E-state index in [1.54, 1.807) is 0 Å². The summed E-state index contributed by atoms with van der Waals surface area (Å²) in [4.78, 5) is 11.8. The van der Waals surface area contributed by atoms with Crippen LogP contribution < -0.4 is 15.4 Å².